The van der Waals surface area contributed by atoms with Crippen LogP contribution in [-0.2, 0) is 11.2 Å². The van der Waals surface area contributed by atoms with Crippen molar-refractivity contribution in [2.45, 2.75) is 6.42 Å². The Labute approximate surface area is 205 Å². The summed E-state index contributed by atoms with van der Waals surface area (Å²) in [7, 11) is 0. The molecule has 0 atom stereocenters. The van der Waals surface area contributed by atoms with E-state index in [0.29, 0.717) is 37.6 Å². The second-order valence-electron chi connectivity index (χ2n) is 8.25. The van der Waals surface area contributed by atoms with Crippen molar-refractivity contribution in [1.82, 2.24) is 24.5 Å². The van der Waals surface area contributed by atoms with Gasteiger partial charge in [-0.25, -0.2) is 9.38 Å². The number of hydrogen-bond donors (Lipinski definition) is 0. The van der Waals surface area contributed by atoms with Gasteiger partial charge in [0.1, 0.15) is 0 Å². The average molecular weight is 489 g/mol. The molecule has 0 N–H and O–H groups in total. The number of carbonyl (C=O) groups excluding carboxylic acids is 1. The van der Waals surface area contributed by atoms with Gasteiger partial charge in [-0.3, -0.25) is 4.79 Å². The molecule has 6 rings (SSSR count). The first-order valence-corrected chi connectivity index (χ1v) is 12.4. The molecule has 3 aromatic heterocycles. The molecule has 2 aromatic carbocycles. The Kier molecular flexibility index (Phi) is 5.39. The highest BCUT2D eigenvalue weighted by atomic mass is 35.5. The van der Waals surface area contributed by atoms with E-state index < -0.39 is 0 Å². The van der Waals surface area contributed by atoms with Crippen molar-refractivity contribution < 1.29 is 4.79 Å². The monoisotopic (exact) mass is 488 g/mol. The quantitative estimate of drug-likeness (QED) is 0.371. The van der Waals surface area contributed by atoms with Gasteiger partial charge in [-0.05, 0) is 29.6 Å². The third-order valence-corrected chi connectivity index (χ3v) is 7.25. The van der Waals surface area contributed by atoms with E-state index in [2.05, 4.69) is 15.1 Å². The number of thiophene rings is 1. The molecule has 5 aromatic rings. The number of rotatable bonds is 4. The van der Waals surface area contributed by atoms with Crippen molar-refractivity contribution >= 4 is 51.3 Å². The van der Waals surface area contributed by atoms with Crippen molar-refractivity contribution in [3.8, 4) is 11.4 Å². The van der Waals surface area contributed by atoms with Gasteiger partial charge in [0.25, 0.3) is 0 Å². The minimum absolute atomic E-state index is 0.166. The summed E-state index contributed by atoms with van der Waals surface area (Å²) >= 11 is 7.90. The normalized spacial score (nSPS) is 14.3. The van der Waals surface area contributed by atoms with Crippen LogP contribution in [0.1, 0.15) is 4.88 Å². The Balaban J connectivity index is 1.37. The van der Waals surface area contributed by atoms with Crippen molar-refractivity contribution in [2.24, 2.45) is 0 Å². The van der Waals surface area contributed by atoms with Crippen LogP contribution in [0, 0.1) is 0 Å². The Bertz CT molecular complexity index is 1480. The van der Waals surface area contributed by atoms with E-state index >= 15 is 0 Å². The zero-order chi connectivity index (χ0) is 23.1. The number of nitrogens with zero attached hydrogens (tertiary/aromatic N) is 6. The maximum absolute atomic E-state index is 12.8. The van der Waals surface area contributed by atoms with E-state index in [4.69, 9.17) is 16.6 Å². The van der Waals surface area contributed by atoms with Crippen LogP contribution in [0.3, 0.4) is 0 Å². The number of fused-ring (bicyclic) bond motifs is 3. The van der Waals surface area contributed by atoms with Crippen LogP contribution >= 0.6 is 22.9 Å². The highest BCUT2D eigenvalue weighted by molar-refractivity contribution is 7.10. The summed E-state index contributed by atoms with van der Waals surface area (Å²) in [6.07, 6.45) is 0.457. The first kappa shape index (κ1) is 21.1. The number of hydrogen-bond acceptors (Lipinski definition) is 6. The molecule has 1 saturated heterocycles. The molecular weight excluding hydrogens is 468 g/mol. The van der Waals surface area contributed by atoms with Crippen molar-refractivity contribution in [2.75, 3.05) is 31.1 Å². The molecule has 170 valence electrons. The lowest BCUT2D eigenvalue weighted by Crippen LogP contribution is -2.49. The van der Waals surface area contributed by atoms with Gasteiger partial charge in [0.15, 0.2) is 11.5 Å². The fraction of sp³-hybridized carbons (Fsp3) is 0.200. The van der Waals surface area contributed by atoms with Gasteiger partial charge in [0.05, 0.1) is 11.9 Å². The molecule has 1 amide bonds. The van der Waals surface area contributed by atoms with E-state index in [1.54, 1.807) is 11.3 Å². The number of aromatic nitrogens is 4. The number of anilines is 1. The van der Waals surface area contributed by atoms with E-state index in [9.17, 15) is 4.79 Å². The molecule has 7 nitrogen and oxygen atoms in total. The van der Waals surface area contributed by atoms with Crippen LogP contribution < -0.4 is 4.90 Å². The fourth-order valence-electron chi connectivity index (χ4n) is 4.41. The zero-order valence-corrected chi connectivity index (χ0v) is 19.8. The van der Waals surface area contributed by atoms with Crippen LogP contribution in [0.5, 0.6) is 0 Å². The SMILES string of the molecule is O=C(Cc1cccs1)N1CCN(c2nc3cc(Cl)ccc3c3nnc(-c4ccccc4)n23)CC1. The molecule has 1 aliphatic rings. The van der Waals surface area contributed by atoms with Gasteiger partial charge < -0.3 is 9.80 Å². The zero-order valence-electron chi connectivity index (χ0n) is 18.3. The van der Waals surface area contributed by atoms with Crippen molar-refractivity contribution in [3.05, 3.63) is 75.9 Å². The van der Waals surface area contributed by atoms with Gasteiger partial charge in [0.2, 0.25) is 11.9 Å². The van der Waals surface area contributed by atoms with E-state index in [1.807, 2.05) is 75.3 Å². The molecule has 4 heterocycles. The summed E-state index contributed by atoms with van der Waals surface area (Å²) in [6, 6.07) is 19.6. The molecule has 1 fully saturated rings. The summed E-state index contributed by atoms with van der Waals surface area (Å²) in [5.74, 6) is 1.67. The molecule has 0 radical (unpaired) electrons. The van der Waals surface area contributed by atoms with Crippen LogP contribution in [0.4, 0.5) is 5.95 Å². The summed E-state index contributed by atoms with van der Waals surface area (Å²) in [5.41, 5.74) is 2.49. The molecule has 0 bridgehead atoms. The largest absolute Gasteiger partial charge is 0.339 e. The highest BCUT2D eigenvalue weighted by Crippen LogP contribution is 2.30. The standard InChI is InChI=1S/C25H21ClN6OS/c26-18-8-9-20-21(15-18)27-25(32-23(28-29-24(20)32)17-5-2-1-3-6-17)31-12-10-30(11-13-31)22(33)16-19-7-4-14-34-19/h1-9,14-15H,10-13,16H2. The van der Waals surface area contributed by atoms with E-state index in [1.165, 1.54) is 0 Å². The number of benzene rings is 2. The Morgan fingerprint density at radius 2 is 1.79 bits per heavy atom. The predicted octanol–water partition coefficient (Wildman–Crippen LogP) is 4.55. The van der Waals surface area contributed by atoms with E-state index in [-0.39, 0.29) is 5.91 Å². The van der Waals surface area contributed by atoms with Gasteiger partial charge in [0, 0.05) is 47.0 Å². The molecule has 9 heteroatoms. The number of amides is 1. The molecule has 1 aliphatic heterocycles. The van der Waals surface area contributed by atoms with Gasteiger partial charge >= 0.3 is 0 Å². The van der Waals surface area contributed by atoms with Crippen LogP contribution in [0.2, 0.25) is 5.02 Å². The minimum Gasteiger partial charge on any atom is -0.339 e. The summed E-state index contributed by atoms with van der Waals surface area (Å²) < 4.78 is 2.02. The maximum atomic E-state index is 12.8. The van der Waals surface area contributed by atoms with Gasteiger partial charge in [-0.15, -0.1) is 21.5 Å². The average Bonchev–Trinajstić information content (AvgIpc) is 3.54. The topological polar surface area (TPSA) is 66.6 Å². The maximum Gasteiger partial charge on any atom is 0.227 e. The van der Waals surface area contributed by atoms with Gasteiger partial charge in [-0.1, -0.05) is 48.0 Å². The second kappa shape index (κ2) is 8.70. The van der Waals surface area contributed by atoms with Crippen molar-refractivity contribution in [3.63, 3.8) is 0 Å². The lowest BCUT2D eigenvalue weighted by Gasteiger charge is -2.35. The first-order chi connectivity index (χ1) is 16.7. The second-order valence-corrected chi connectivity index (χ2v) is 9.71. The Morgan fingerprint density at radius 3 is 2.56 bits per heavy atom. The smallest absolute Gasteiger partial charge is 0.227 e. The number of piperazine rings is 1. The molecule has 34 heavy (non-hydrogen) atoms. The number of carbonyl (C=O) groups is 1. The third kappa shape index (κ3) is 3.78. The fourth-order valence-corrected chi connectivity index (χ4v) is 5.27. The Hall–Kier alpha value is -3.49. The molecule has 0 aliphatic carbocycles. The summed E-state index contributed by atoms with van der Waals surface area (Å²) in [5, 5.41) is 12.6. The van der Waals surface area contributed by atoms with E-state index in [0.717, 1.165) is 38.8 Å². The lowest BCUT2D eigenvalue weighted by molar-refractivity contribution is -0.130. The highest BCUT2D eigenvalue weighted by Gasteiger charge is 2.26. The van der Waals surface area contributed by atoms with Crippen LogP contribution in [0.15, 0.2) is 66.0 Å². The number of halogens is 1. The molecular formula is C25H21ClN6OS. The molecule has 0 spiro atoms. The molecule has 0 unspecified atom stereocenters. The van der Waals surface area contributed by atoms with Crippen LogP contribution in [-0.4, -0.2) is 56.6 Å². The Morgan fingerprint density at radius 1 is 0.971 bits per heavy atom. The molecule has 0 saturated carbocycles. The lowest BCUT2D eigenvalue weighted by atomic mass is 10.2. The summed E-state index contributed by atoms with van der Waals surface area (Å²) in [6.45, 7) is 2.64. The third-order valence-electron chi connectivity index (χ3n) is 6.14. The summed E-state index contributed by atoms with van der Waals surface area (Å²) in [4.78, 5) is 23.0. The first-order valence-electron chi connectivity index (χ1n) is 11.1. The van der Waals surface area contributed by atoms with Crippen LogP contribution in [0.25, 0.3) is 27.9 Å². The van der Waals surface area contributed by atoms with Gasteiger partial charge in [-0.2, -0.15) is 0 Å². The minimum atomic E-state index is 0.166. The predicted molar refractivity (Wildman–Crippen MR) is 136 cm³/mol. The van der Waals surface area contributed by atoms with Crippen molar-refractivity contribution in [1.29, 1.82) is 0 Å².